The van der Waals surface area contributed by atoms with Crippen molar-refractivity contribution in [2.75, 3.05) is 0 Å². The minimum Gasteiger partial charge on any atom is -1.00 e. The van der Waals surface area contributed by atoms with Crippen LogP contribution in [-0.2, 0) is 31.9 Å². The average molecular weight is 463 g/mol. The summed E-state index contributed by atoms with van der Waals surface area (Å²) in [5, 5.41) is 0. The van der Waals surface area contributed by atoms with Crippen molar-refractivity contribution < 1.29 is 32.8 Å². The fourth-order valence-corrected chi connectivity index (χ4v) is 3.81. The largest absolute Gasteiger partial charge is 2.00 e. The predicted octanol–water partition coefficient (Wildman–Crippen LogP) is 3.07. The maximum absolute atomic E-state index is 3.28. The first-order chi connectivity index (χ1) is 10.9. The van der Waals surface area contributed by atoms with Crippen LogP contribution in [-0.4, -0.2) is 0 Å². The summed E-state index contributed by atoms with van der Waals surface area (Å²) in [6.45, 7) is 0. The van der Waals surface area contributed by atoms with E-state index in [4.69, 9.17) is 0 Å². The fourth-order valence-electron chi connectivity index (χ4n) is 2.11. The molecule has 0 saturated heterocycles. The van der Waals surface area contributed by atoms with Gasteiger partial charge < -0.3 is 12.4 Å². The first kappa shape index (κ1) is 21.4. The van der Waals surface area contributed by atoms with Gasteiger partial charge in [0.15, 0.2) is 0 Å². The Morgan fingerprint density at radius 3 is 1.50 bits per heavy atom. The Hall–Kier alpha value is -0.688. The van der Waals surface area contributed by atoms with E-state index in [0.29, 0.717) is 0 Å². The van der Waals surface area contributed by atoms with Crippen molar-refractivity contribution in [1.82, 2.24) is 0 Å². The van der Waals surface area contributed by atoms with Crippen LogP contribution < -0.4 is 12.4 Å². The van der Waals surface area contributed by atoms with E-state index >= 15 is 0 Å². The van der Waals surface area contributed by atoms with Crippen LogP contribution in [0.5, 0.6) is 0 Å². The van der Waals surface area contributed by atoms with Gasteiger partial charge in [0, 0.05) is 9.79 Å². The van der Waals surface area contributed by atoms with Gasteiger partial charge in [0.1, 0.15) is 0 Å². The summed E-state index contributed by atoms with van der Waals surface area (Å²) in [5.41, 5.74) is 2.67. The topological polar surface area (TPSA) is 0 Å². The molecule has 0 fully saturated rings. The maximum atomic E-state index is 3.28. The molecule has 3 aromatic rings. The molecule has 24 heavy (non-hydrogen) atoms. The van der Waals surface area contributed by atoms with Crippen LogP contribution in [0.2, 0.25) is 0 Å². The number of rotatable bonds is 6. The first-order valence-electron chi connectivity index (χ1n) is 7.25. The summed E-state index contributed by atoms with van der Waals surface area (Å²) < 4.78 is 0. The van der Waals surface area contributed by atoms with Gasteiger partial charge >= 0.3 is 20.4 Å². The molecule has 126 valence electrons. The van der Waals surface area contributed by atoms with E-state index < -0.39 is 0 Å². The van der Waals surface area contributed by atoms with Crippen LogP contribution in [0.1, 0.15) is 11.1 Å². The van der Waals surface area contributed by atoms with E-state index in [1.165, 1.54) is 20.9 Å². The van der Waals surface area contributed by atoms with Gasteiger partial charge in [-0.25, -0.2) is 0 Å². The Labute approximate surface area is 172 Å². The number of halogens is 1. The summed E-state index contributed by atoms with van der Waals surface area (Å²) in [5.74, 6) is 1.98. The summed E-state index contributed by atoms with van der Waals surface area (Å²) in [6.07, 6.45) is 0. The van der Waals surface area contributed by atoms with Gasteiger partial charge in [-0.05, 0) is 35.8 Å². The van der Waals surface area contributed by atoms with Gasteiger partial charge in [-0.15, -0.1) is 34.7 Å². The van der Waals surface area contributed by atoms with Crippen molar-refractivity contribution in [3.05, 3.63) is 96.1 Å². The van der Waals surface area contributed by atoms with Crippen molar-refractivity contribution >= 4 is 23.5 Å². The van der Waals surface area contributed by atoms with Crippen molar-refractivity contribution in [1.29, 1.82) is 0 Å². The van der Waals surface area contributed by atoms with Crippen LogP contribution in [0.15, 0.2) is 88.7 Å². The van der Waals surface area contributed by atoms with Crippen LogP contribution in [0, 0.1) is 6.07 Å². The molecule has 0 aliphatic carbocycles. The SMILES string of the molecule is [Cl-].[Pd+2].[c-]1cc(CSc2ccccc2)cc(CSc2ccccc2)c1. The molecule has 0 unspecified atom stereocenters. The van der Waals surface area contributed by atoms with E-state index in [1.807, 2.05) is 23.5 Å². The van der Waals surface area contributed by atoms with E-state index in [0.717, 1.165) is 11.5 Å². The van der Waals surface area contributed by atoms with Gasteiger partial charge in [0.05, 0.1) is 0 Å². The minimum atomic E-state index is 0. The third-order valence-electron chi connectivity index (χ3n) is 3.21. The van der Waals surface area contributed by atoms with Crippen molar-refractivity contribution in [2.45, 2.75) is 21.3 Å². The molecule has 0 aliphatic rings. The summed E-state index contributed by atoms with van der Waals surface area (Å²) in [7, 11) is 0. The van der Waals surface area contributed by atoms with Gasteiger partial charge in [-0.3, -0.25) is 0 Å². The molecule has 0 nitrogen and oxygen atoms in total. The zero-order chi connectivity index (χ0) is 15.0. The molecule has 0 bridgehead atoms. The van der Waals surface area contributed by atoms with Crippen LogP contribution >= 0.6 is 23.5 Å². The van der Waals surface area contributed by atoms with E-state index in [9.17, 15) is 0 Å². The van der Waals surface area contributed by atoms with Gasteiger partial charge in [-0.2, -0.15) is 24.3 Å². The van der Waals surface area contributed by atoms with Crippen molar-refractivity contribution in [2.24, 2.45) is 0 Å². The standard InChI is InChI=1S/C20H17S2.ClH.Pd/c1-3-10-19(11-4-1)21-15-17-8-7-9-18(14-17)16-22-20-12-5-2-6-13-20;;/h1-6,8-14H,15-16H2;1H;/q-1;;+2/p-1. The Morgan fingerprint density at radius 1 is 0.667 bits per heavy atom. The number of benzene rings is 3. The second-order valence-corrected chi connectivity index (χ2v) is 7.05. The molecular weight excluding hydrogens is 446 g/mol. The van der Waals surface area contributed by atoms with Gasteiger partial charge in [0.2, 0.25) is 0 Å². The molecule has 3 aromatic carbocycles. The Bertz CT molecular complexity index is 646. The van der Waals surface area contributed by atoms with E-state index in [2.05, 4.69) is 84.9 Å². The molecule has 0 atom stereocenters. The molecule has 0 spiro atoms. The molecule has 0 radical (unpaired) electrons. The number of thioether (sulfide) groups is 2. The Morgan fingerprint density at radius 2 is 1.08 bits per heavy atom. The monoisotopic (exact) mass is 462 g/mol. The van der Waals surface area contributed by atoms with Gasteiger partial charge in [-0.1, -0.05) is 36.4 Å². The second-order valence-electron chi connectivity index (χ2n) is 4.95. The summed E-state index contributed by atoms with van der Waals surface area (Å²) >= 11 is 3.74. The molecular formula is C20H17ClPdS2. The minimum absolute atomic E-state index is 0. The number of hydrogen-bond acceptors (Lipinski definition) is 2. The average Bonchev–Trinajstić information content (AvgIpc) is 2.60. The maximum Gasteiger partial charge on any atom is 2.00 e. The second kappa shape index (κ2) is 11.8. The molecule has 0 N–H and O–H groups in total. The van der Waals surface area contributed by atoms with Crippen LogP contribution in [0.25, 0.3) is 0 Å². The summed E-state index contributed by atoms with van der Waals surface area (Å²) in [6, 6.07) is 30.8. The fraction of sp³-hybridized carbons (Fsp3) is 0.100. The van der Waals surface area contributed by atoms with Crippen molar-refractivity contribution in [3.63, 3.8) is 0 Å². The van der Waals surface area contributed by atoms with Crippen molar-refractivity contribution in [3.8, 4) is 0 Å². The molecule has 0 amide bonds. The molecule has 3 rings (SSSR count). The first-order valence-corrected chi connectivity index (χ1v) is 9.22. The quantitative estimate of drug-likeness (QED) is 0.313. The molecule has 4 heteroatoms. The smallest absolute Gasteiger partial charge is 1.00 e. The van der Waals surface area contributed by atoms with Gasteiger partial charge in [0.25, 0.3) is 0 Å². The molecule has 0 aliphatic heterocycles. The third kappa shape index (κ3) is 7.05. The van der Waals surface area contributed by atoms with Crippen LogP contribution in [0.4, 0.5) is 0 Å². The Kier molecular flexibility index (Phi) is 10.5. The molecule has 0 heterocycles. The van der Waals surface area contributed by atoms with E-state index in [-0.39, 0.29) is 32.8 Å². The molecule has 0 aromatic heterocycles. The third-order valence-corrected chi connectivity index (χ3v) is 5.37. The zero-order valence-electron chi connectivity index (χ0n) is 12.9. The normalized spacial score (nSPS) is 9.67. The predicted molar refractivity (Wildman–Crippen MR) is 97.3 cm³/mol. The zero-order valence-corrected chi connectivity index (χ0v) is 16.9. The molecule has 0 saturated carbocycles. The summed E-state index contributed by atoms with van der Waals surface area (Å²) in [4.78, 5) is 2.62. The number of hydrogen-bond donors (Lipinski definition) is 0. The van der Waals surface area contributed by atoms with E-state index in [1.54, 1.807) is 0 Å². The van der Waals surface area contributed by atoms with Crippen LogP contribution in [0.3, 0.4) is 0 Å². The Balaban J connectivity index is 0.00000144.